The van der Waals surface area contributed by atoms with Crippen molar-refractivity contribution >= 4 is 40.5 Å². The van der Waals surface area contributed by atoms with Crippen molar-refractivity contribution in [2.75, 3.05) is 20.1 Å². The number of amides is 2. The molecule has 1 aromatic carbocycles. The minimum Gasteiger partial charge on any atom is -0.462 e. The SMILES string of the molecule is Cc1ccc(/C=C2/SC(=Nc3cccc(C(=O)N4CCCCC4)c3)N(C)C2=O)o1. The summed E-state index contributed by atoms with van der Waals surface area (Å²) in [5.41, 5.74) is 1.29. The number of carbonyl (C=O) groups excluding carboxylic acids is 2. The lowest BCUT2D eigenvalue weighted by atomic mass is 10.1. The summed E-state index contributed by atoms with van der Waals surface area (Å²) >= 11 is 1.30. The maximum atomic E-state index is 12.8. The molecule has 0 unspecified atom stereocenters. The maximum absolute atomic E-state index is 12.8. The van der Waals surface area contributed by atoms with Crippen LogP contribution >= 0.6 is 11.8 Å². The third-order valence-corrected chi connectivity index (χ3v) is 6.06. The number of thioether (sulfide) groups is 1. The predicted molar refractivity (Wildman–Crippen MR) is 115 cm³/mol. The molecule has 0 saturated carbocycles. The zero-order chi connectivity index (χ0) is 20.4. The Morgan fingerprint density at radius 2 is 1.97 bits per heavy atom. The normalized spacial score (nSPS) is 20.1. The number of hydrogen-bond acceptors (Lipinski definition) is 5. The number of likely N-dealkylation sites (N-methyl/N-ethyl adjacent to an activating group) is 1. The van der Waals surface area contributed by atoms with Gasteiger partial charge in [0.1, 0.15) is 11.5 Å². The van der Waals surface area contributed by atoms with Gasteiger partial charge < -0.3 is 9.32 Å². The standard InChI is InChI=1S/C22H23N3O3S/c1-15-9-10-18(28-15)14-19-21(27)24(2)22(29-19)23-17-8-6-7-16(13-17)20(26)25-11-4-3-5-12-25/h6-10,13-14H,3-5,11-12H2,1-2H3/b19-14+,23-22?. The van der Waals surface area contributed by atoms with E-state index in [1.54, 1.807) is 19.2 Å². The van der Waals surface area contributed by atoms with Gasteiger partial charge in [-0.2, -0.15) is 0 Å². The van der Waals surface area contributed by atoms with Crippen LogP contribution in [0.3, 0.4) is 0 Å². The predicted octanol–water partition coefficient (Wildman–Crippen LogP) is 4.45. The molecule has 0 radical (unpaired) electrons. The number of nitrogens with zero attached hydrogens (tertiary/aromatic N) is 3. The fraction of sp³-hybridized carbons (Fsp3) is 0.318. The largest absolute Gasteiger partial charge is 0.462 e. The zero-order valence-corrected chi connectivity index (χ0v) is 17.4. The third kappa shape index (κ3) is 4.29. The number of likely N-dealkylation sites (tertiary alicyclic amines) is 1. The van der Waals surface area contributed by atoms with Gasteiger partial charge in [0.2, 0.25) is 0 Å². The van der Waals surface area contributed by atoms with Crippen molar-refractivity contribution < 1.29 is 14.0 Å². The second kappa shape index (κ2) is 8.29. The van der Waals surface area contributed by atoms with Gasteiger partial charge in [-0.15, -0.1) is 0 Å². The van der Waals surface area contributed by atoms with Crippen LogP contribution in [0.25, 0.3) is 6.08 Å². The summed E-state index contributed by atoms with van der Waals surface area (Å²) in [6, 6.07) is 11.0. The van der Waals surface area contributed by atoms with Gasteiger partial charge in [-0.25, -0.2) is 4.99 Å². The van der Waals surface area contributed by atoms with Crippen molar-refractivity contribution in [3.05, 3.63) is 58.4 Å². The lowest BCUT2D eigenvalue weighted by Gasteiger charge is -2.26. The van der Waals surface area contributed by atoms with E-state index in [1.807, 2.05) is 42.2 Å². The van der Waals surface area contributed by atoms with Crippen molar-refractivity contribution in [2.24, 2.45) is 4.99 Å². The van der Waals surface area contributed by atoms with Crippen LogP contribution in [0.2, 0.25) is 0 Å². The molecule has 2 aromatic rings. The van der Waals surface area contributed by atoms with E-state index >= 15 is 0 Å². The van der Waals surface area contributed by atoms with Crippen LogP contribution in [0, 0.1) is 6.92 Å². The van der Waals surface area contributed by atoms with E-state index < -0.39 is 0 Å². The Balaban J connectivity index is 1.55. The van der Waals surface area contributed by atoms with Gasteiger partial charge in [-0.1, -0.05) is 6.07 Å². The van der Waals surface area contributed by atoms with E-state index in [0.29, 0.717) is 27.1 Å². The molecule has 0 bridgehead atoms. The van der Waals surface area contributed by atoms with E-state index in [2.05, 4.69) is 4.99 Å². The molecule has 4 rings (SSSR count). The van der Waals surface area contributed by atoms with Crippen LogP contribution in [0.15, 0.2) is 50.7 Å². The highest BCUT2D eigenvalue weighted by molar-refractivity contribution is 8.18. The molecule has 0 spiro atoms. The van der Waals surface area contributed by atoms with E-state index in [1.165, 1.54) is 23.1 Å². The summed E-state index contributed by atoms with van der Waals surface area (Å²) in [5.74, 6) is 1.36. The van der Waals surface area contributed by atoms with Gasteiger partial charge in [0.15, 0.2) is 5.17 Å². The average Bonchev–Trinajstić information content (AvgIpc) is 3.26. The summed E-state index contributed by atoms with van der Waals surface area (Å²) in [7, 11) is 1.70. The van der Waals surface area contributed by atoms with Gasteiger partial charge in [-0.3, -0.25) is 14.5 Å². The number of aliphatic imine (C=N–C) groups is 1. The zero-order valence-electron chi connectivity index (χ0n) is 16.6. The van der Waals surface area contributed by atoms with Crippen molar-refractivity contribution in [2.45, 2.75) is 26.2 Å². The highest BCUT2D eigenvalue weighted by Crippen LogP contribution is 2.33. The third-order valence-electron chi connectivity index (χ3n) is 5.00. The Morgan fingerprint density at radius 3 is 2.69 bits per heavy atom. The lowest BCUT2D eigenvalue weighted by Crippen LogP contribution is -2.35. The number of rotatable bonds is 3. The van der Waals surface area contributed by atoms with Crippen molar-refractivity contribution in [3.63, 3.8) is 0 Å². The van der Waals surface area contributed by atoms with Gasteiger partial charge in [-0.05, 0) is 68.3 Å². The molecule has 0 N–H and O–H groups in total. The molecule has 2 amide bonds. The number of carbonyl (C=O) groups is 2. The molecule has 2 aliphatic heterocycles. The second-order valence-corrected chi connectivity index (χ2v) is 8.23. The Labute approximate surface area is 174 Å². The van der Waals surface area contributed by atoms with Crippen LogP contribution < -0.4 is 0 Å². The van der Waals surface area contributed by atoms with Gasteiger partial charge in [0.05, 0.1) is 10.6 Å². The molecule has 0 atom stereocenters. The maximum Gasteiger partial charge on any atom is 0.266 e. The highest BCUT2D eigenvalue weighted by atomic mass is 32.2. The number of hydrogen-bond donors (Lipinski definition) is 0. The minimum atomic E-state index is -0.122. The molecule has 7 heteroatoms. The summed E-state index contributed by atoms with van der Waals surface area (Å²) in [6.45, 7) is 3.49. The van der Waals surface area contributed by atoms with Crippen molar-refractivity contribution in [1.29, 1.82) is 0 Å². The Morgan fingerprint density at radius 1 is 1.17 bits per heavy atom. The van der Waals surface area contributed by atoms with Crippen LogP contribution in [0.1, 0.15) is 41.1 Å². The Kier molecular flexibility index (Phi) is 5.58. The molecule has 3 heterocycles. The summed E-state index contributed by atoms with van der Waals surface area (Å²) in [5, 5.41) is 0.576. The van der Waals surface area contributed by atoms with Gasteiger partial charge in [0.25, 0.3) is 11.8 Å². The lowest BCUT2D eigenvalue weighted by molar-refractivity contribution is -0.121. The number of amidine groups is 1. The van der Waals surface area contributed by atoms with E-state index in [9.17, 15) is 9.59 Å². The topological polar surface area (TPSA) is 66.1 Å². The molecule has 150 valence electrons. The first-order valence-corrected chi connectivity index (χ1v) is 10.5. The monoisotopic (exact) mass is 409 g/mol. The molecule has 6 nitrogen and oxygen atoms in total. The van der Waals surface area contributed by atoms with Crippen LogP contribution in [0.4, 0.5) is 5.69 Å². The molecular weight excluding hydrogens is 386 g/mol. The molecule has 1 aromatic heterocycles. The molecule has 2 saturated heterocycles. The molecule has 2 fully saturated rings. The Hall–Kier alpha value is -2.80. The molecule has 0 aliphatic carbocycles. The molecular formula is C22H23N3O3S. The van der Waals surface area contributed by atoms with E-state index in [-0.39, 0.29) is 11.8 Å². The number of furan rings is 1. The second-order valence-electron chi connectivity index (χ2n) is 7.22. The van der Waals surface area contributed by atoms with E-state index in [4.69, 9.17) is 4.42 Å². The first kappa shape index (κ1) is 19.5. The smallest absolute Gasteiger partial charge is 0.266 e. The fourth-order valence-corrected chi connectivity index (χ4v) is 4.38. The molecule has 29 heavy (non-hydrogen) atoms. The molecule has 2 aliphatic rings. The fourth-order valence-electron chi connectivity index (χ4n) is 3.41. The summed E-state index contributed by atoms with van der Waals surface area (Å²) in [6.07, 6.45) is 5.03. The average molecular weight is 410 g/mol. The number of benzene rings is 1. The number of piperidine rings is 1. The quantitative estimate of drug-likeness (QED) is 0.703. The van der Waals surface area contributed by atoms with Gasteiger partial charge in [0, 0.05) is 31.8 Å². The summed E-state index contributed by atoms with van der Waals surface area (Å²) < 4.78 is 5.54. The minimum absolute atomic E-state index is 0.0454. The summed E-state index contributed by atoms with van der Waals surface area (Å²) in [4.78, 5) is 33.9. The van der Waals surface area contributed by atoms with Crippen molar-refractivity contribution in [3.8, 4) is 0 Å². The van der Waals surface area contributed by atoms with Crippen molar-refractivity contribution in [1.82, 2.24) is 9.80 Å². The van der Waals surface area contributed by atoms with Crippen LogP contribution in [0.5, 0.6) is 0 Å². The van der Waals surface area contributed by atoms with Crippen LogP contribution in [-0.4, -0.2) is 46.9 Å². The van der Waals surface area contributed by atoms with Gasteiger partial charge >= 0.3 is 0 Å². The van der Waals surface area contributed by atoms with Crippen LogP contribution in [-0.2, 0) is 4.79 Å². The number of aryl methyl sites for hydroxylation is 1. The first-order valence-electron chi connectivity index (χ1n) is 9.73. The first-order chi connectivity index (χ1) is 14.0. The van der Waals surface area contributed by atoms with E-state index in [0.717, 1.165) is 31.7 Å². The highest BCUT2D eigenvalue weighted by Gasteiger charge is 2.30. The Bertz CT molecular complexity index is 1000.